The molecule has 9 heteroatoms. The van der Waals surface area contributed by atoms with E-state index in [2.05, 4.69) is 0 Å². The van der Waals surface area contributed by atoms with Crippen molar-refractivity contribution in [3.05, 3.63) is 80.5 Å². The van der Waals surface area contributed by atoms with E-state index in [-0.39, 0.29) is 11.3 Å². The minimum absolute atomic E-state index is 0.369. The Morgan fingerprint density at radius 3 is 1.32 bits per heavy atom. The van der Waals surface area contributed by atoms with Crippen LogP contribution in [0.5, 0.6) is 11.5 Å². The van der Waals surface area contributed by atoms with Gasteiger partial charge in [0.25, 0.3) is 0 Å². The van der Waals surface area contributed by atoms with Crippen LogP contribution in [-0.2, 0) is 14.2 Å². The van der Waals surface area contributed by atoms with Crippen molar-refractivity contribution in [2.45, 2.75) is 13.8 Å². The molecule has 4 aromatic rings. The van der Waals surface area contributed by atoms with E-state index in [4.69, 9.17) is 32.5 Å². The molecule has 0 unspecified atom stereocenters. The van der Waals surface area contributed by atoms with Gasteiger partial charge >= 0.3 is 11.3 Å². The van der Waals surface area contributed by atoms with E-state index in [1.54, 1.807) is 24.3 Å². The Balaban J connectivity index is 1.02. The van der Waals surface area contributed by atoms with Gasteiger partial charge in [-0.3, -0.25) is 0 Å². The van der Waals surface area contributed by atoms with Gasteiger partial charge in [0, 0.05) is 35.0 Å². The molecule has 0 spiro atoms. The molecule has 0 fully saturated rings. The van der Waals surface area contributed by atoms with Gasteiger partial charge in [-0.15, -0.1) is 0 Å². The highest BCUT2D eigenvalue weighted by Gasteiger charge is 2.06. The Bertz CT molecular complexity index is 1330. The van der Waals surface area contributed by atoms with Gasteiger partial charge in [0.1, 0.15) is 35.9 Å². The summed E-state index contributed by atoms with van der Waals surface area (Å²) in [4.78, 5) is 22.8. The summed E-state index contributed by atoms with van der Waals surface area (Å²) < 4.78 is 38.4. The standard InChI is InChI=1S/C28H30O9/c1-19-15-21(17-25-23(19)3-5-27(29)36-25)34-13-11-32-9-7-31-8-10-33-12-14-35-22-16-20(2)24-4-6-28(30)37-26(24)18-22/h3-6,15-18H,7-14H2,1-2H3. The minimum atomic E-state index is -0.389. The zero-order chi connectivity index (χ0) is 26.0. The zero-order valence-corrected chi connectivity index (χ0v) is 20.9. The van der Waals surface area contributed by atoms with Crippen LogP contribution in [0.3, 0.4) is 0 Å². The van der Waals surface area contributed by atoms with Gasteiger partial charge < -0.3 is 32.5 Å². The molecule has 196 valence electrons. The molecule has 0 aliphatic heterocycles. The molecule has 0 amide bonds. The normalized spacial score (nSPS) is 11.3. The number of ether oxygens (including phenoxy) is 5. The SMILES string of the molecule is Cc1cc(OCCOCCOCCOCCOc2cc(C)c3ccc(=O)oc3c2)cc2oc(=O)ccc12. The number of hydrogen-bond acceptors (Lipinski definition) is 9. The molecule has 0 radical (unpaired) electrons. The molecule has 2 aromatic heterocycles. The van der Waals surface area contributed by atoms with Crippen LogP contribution >= 0.6 is 0 Å². The van der Waals surface area contributed by atoms with E-state index in [0.29, 0.717) is 75.5 Å². The third-order valence-corrected chi connectivity index (χ3v) is 5.57. The molecule has 0 N–H and O–H groups in total. The van der Waals surface area contributed by atoms with Crippen molar-refractivity contribution >= 4 is 21.9 Å². The van der Waals surface area contributed by atoms with Crippen LogP contribution in [0, 0.1) is 13.8 Å². The molecule has 9 nitrogen and oxygen atoms in total. The first-order valence-electron chi connectivity index (χ1n) is 12.1. The zero-order valence-electron chi connectivity index (χ0n) is 20.9. The van der Waals surface area contributed by atoms with Crippen molar-refractivity contribution in [2.75, 3.05) is 52.9 Å². The summed E-state index contributed by atoms with van der Waals surface area (Å²) in [5, 5.41) is 1.76. The van der Waals surface area contributed by atoms with Crippen molar-refractivity contribution in [2.24, 2.45) is 0 Å². The number of fused-ring (bicyclic) bond motifs is 2. The lowest BCUT2D eigenvalue weighted by Gasteiger charge is -2.10. The van der Waals surface area contributed by atoms with Crippen LogP contribution in [0.25, 0.3) is 21.9 Å². The highest BCUT2D eigenvalue weighted by molar-refractivity contribution is 5.82. The Hall–Kier alpha value is -3.66. The summed E-state index contributed by atoms with van der Waals surface area (Å²) in [5.41, 5.74) is 2.17. The first-order valence-corrected chi connectivity index (χ1v) is 12.1. The molecule has 0 aliphatic carbocycles. The maximum absolute atomic E-state index is 11.4. The van der Waals surface area contributed by atoms with Crippen LogP contribution < -0.4 is 20.7 Å². The second kappa shape index (κ2) is 13.0. The highest BCUT2D eigenvalue weighted by Crippen LogP contribution is 2.24. The third-order valence-electron chi connectivity index (χ3n) is 5.57. The van der Waals surface area contributed by atoms with E-state index in [1.165, 1.54) is 12.1 Å². The molecule has 2 aromatic carbocycles. The lowest BCUT2D eigenvalue weighted by Crippen LogP contribution is -2.14. The topological polar surface area (TPSA) is 107 Å². The van der Waals surface area contributed by atoms with Crippen LogP contribution in [0.2, 0.25) is 0 Å². The molecule has 37 heavy (non-hydrogen) atoms. The number of hydrogen-bond donors (Lipinski definition) is 0. The maximum atomic E-state index is 11.4. The molecule has 0 atom stereocenters. The minimum Gasteiger partial charge on any atom is -0.491 e. The van der Waals surface area contributed by atoms with Crippen LogP contribution in [-0.4, -0.2) is 52.9 Å². The Labute approximate surface area is 213 Å². The predicted molar refractivity (Wildman–Crippen MR) is 138 cm³/mol. The summed E-state index contributed by atoms with van der Waals surface area (Å²) in [6.45, 7) is 7.20. The highest BCUT2D eigenvalue weighted by atomic mass is 16.6. The van der Waals surface area contributed by atoms with Crippen molar-refractivity contribution in [3.63, 3.8) is 0 Å². The molecule has 0 saturated carbocycles. The second-order valence-electron chi connectivity index (χ2n) is 8.35. The van der Waals surface area contributed by atoms with Gasteiger partial charge in [-0.1, -0.05) is 0 Å². The second-order valence-corrected chi connectivity index (χ2v) is 8.35. The summed E-state index contributed by atoms with van der Waals surface area (Å²) in [7, 11) is 0. The van der Waals surface area contributed by atoms with Crippen LogP contribution in [0.4, 0.5) is 0 Å². The van der Waals surface area contributed by atoms with Gasteiger partial charge in [0.05, 0.1) is 39.6 Å². The van der Waals surface area contributed by atoms with Gasteiger partial charge in [-0.2, -0.15) is 0 Å². The third kappa shape index (κ3) is 7.66. The van der Waals surface area contributed by atoms with E-state index in [0.717, 1.165) is 21.9 Å². The quantitative estimate of drug-likeness (QED) is 0.184. The van der Waals surface area contributed by atoms with Crippen molar-refractivity contribution in [3.8, 4) is 11.5 Å². The van der Waals surface area contributed by atoms with Crippen molar-refractivity contribution in [1.29, 1.82) is 0 Å². The summed E-state index contributed by atoms with van der Waals surface area (Å²) in [6.07, 6.45) is 0. The van der Waals surface area contributed by atoms with Crippen LogP contribution in [0.15, 0.2) is 67.0 Å². The number of benzene rings is 2. The average Bonchev–Trinajstić information content (AvgIpc) is 2.86. The van der Waals surface area contributed by atoms with Gasteiger partial charge in [0.15, 0.2) is 0 Å². The maximum Gasteiger partial charge on any atom is 0.336 e. The molecule has 2 heterocycles. The number of rotatable bonds is 14. The number of aryl methyl sites for hydroxylation is 2. The molecule has 0 aliphatic rings. The Morgan fingerprint density at radius 1 is 0.541 bits per heavy atom. The smallest absolute Gasteiger partial charge is 0.336 e. The van der Waals surface area contributed by atoms with E-state index < -0.39 is 0 Å². The van der Waals surface area contributed by atoms with E-state index >= 15 is 0 Å². The Morgan fingerprint density at radius 2 is 0.919 bits per heavy atom. The first-order chi connectivity index (χ1) is 18.0. The van der Waals surface area contributed by atoms with Gasteiger partial charge in [0.2, 0.25) is 0 Å². The van der Waals surface area contributed by atoms with E-state index in [9.17, 15) is 9.59 Å². The summed E-state index contributed by atoms with van der Waals surface area (Å²) in [6, 6.07) is 13.5. The summed E-state index contributed by atoms with van der Waals surface area (Å²) in [5.74, 6) is 1.25. The monoisotopic (exact) mass is 510 g/mol. The largest absolute Gasteiger partial charge is 0.491 e. The molecular weight excluding hydrogens is 480 g/mol. The van der Waals surface area contributed by atoms with Crippen molar-refractivity contribution < 1.29 is 32.5 Å². The van der Waals surface area contributed by atoms with Gasteiger partial charge in [-0.25, -0.2) is 9.59 Å². The lowest BCUT2D eigenvalue weighted by atomic mass is 10.1. The predicted octanol–water partition coefficient (Wildman–Crippen LogP) is 4.02. The summed E-state index contributed by atoms with van der Waals surface area (Å²) >= 11 is 0. The van der Waals surface area contributed by atoms with Gasteiger partial charge in [-0.05, 0) is 49.2 Å². The fourth-order valence-corrected chi connectivity index (χ4v) is 3.80. The molecule has 0 saturated heterocycles. The average molecular weight is 511 g/mol. The lowest BCUT2D eigenvalue weighted by molar-refractivity contribution is 0.00499. The first kappa shape index (κ1) is 26.4. The fourth-order valence-electron chi connectivity index (χ4n) is 3.80. The molecule has 0 bridgehead atoms. The van der Waals surface area contributed by atoms with Crippen LogP contribution in [0.1, 0.15) is 11.1 Å². The Kier molecular flexibility index (Phi) is 9.31. The molecular formula is C28H30O9. The fraction of sp³-hybridized carbons (Fsp3) is 0.357. The van der Waals surface area contributed by atoms with E-state index in [1.807, 2.05) is 26.0 Å². The molecule has 4 rings (SSSR count). The van der Waals surface area contributed by atoms with Crippen molar-refractivity contribution in [1.82, 2.24) is 0 Å².